The Morgan fingerprint density at radius 3 is 2.63 bits per heavy atom. The Labute approximate surface area is 152 Å². The third kappa shape index (κ3) is 5.33. The molecule has 0 aliphatic carbocycles. The van der Waals surface area contributed by atoms with Crippen LogP contribution in [-0.4, -0.2) is 22.9 Å². The lowest BCUT2D eigenvalue weighted by atomic mass is 10.1. The lowest BCUT2D eigenvalue weighted by Crippen LogP contribution is -2.06. The molecule has 2 aromatic rings. The average Bonchev–Trinajstić information content (AvgIpc) is 2.60. The molecule has 0 aliphatic rings. The maximum Gasteiger partial charge on any atom is 0.416 e. The van der Waals surface area contributed by atoms with Gasteiger partial charge in [0.25, 0.3) is 5.69 Å². The number of nitrogens with zero attached hydrogens (tertiary/aromatic N) is 2. The summed E-state index contributed by atoms with van der Waals surface area (Å²) in [5.41, 5.74) is 0.488. The number of phenolic OH excluding ortho intramolecular Hbond substituents is 1. The summed E-state index contributed by atoms with van der Waals surface area (Å²) in [5, 5.41) is 24.7. The summed E-state index contributed by atoms with van der Waals surface area (Å²) in [5.74, 6) is 0.342. The molecule has 0 saturated heterocycles. The minimum absolute atomic E-state index is 0.129. The smallest absolute Gasteiger partial charge is 0.416 e. The van der Waals surface area contributed by atoms with Crippen LogP contribution in [0.4, 0.5) is 24.5 Å². The fourth-order valence-electron chi connectivity index (χ4n) is 2.07. The van der Waals surface area contributed by atoms with Crippen LogP contribution in [0.25, 0.3) is 0 Å². The molecule has 0 saturated carbocycles. The number of benzene rings is 2. The summed E-state index contributed by atoms with van der Waals surface area (Å²) < 4.78 is 43.4. The van der Waals surface area contributed by atoms with Gasteiger partial charge in [-0.1, -0.05) is 6.92 Å². The number of nitro benzene ring substituents is 1. The first-order chi connectivity index (χ1) is 12.7. The van der Waals surface area contributed by atoms with E-state index in [0.29, 0.717) is 30.1 Å². The van der Waals surface area contributed by atoms with Crippen molar-refractivity contribution in [3.63, 3.8) is 0 Å². The van der Waals surface area contributed by atoms with Crippen molar-refractivity contribution in [3.8, 4) is 11.5 Å². The molecule has 0 amide bonds. The number of aromatic hydroxyl groups is 1. The standard InChI is InChI=1S/C17H16F3N3O4/c1-2-7-27-13-5-3-11(16(24)9-13)10-21-22-14-6-4-12(17(18,19)20)8-15(14)23(25)26/h3-6,8-10,22,24H,2,7H2,1H3. The Morgan fingerprint density at radius 2 is 2.04 bits per heavy atom. The largest absolute Gasteiger partial charge is 0.507 e. The Hall–Kier alpha value is -3.30. The lowest BCUT2D eigenvalue weighted by molar-refractivity contribution is -0.384. The molecule has 0 aromatic heterocycles. The molecule has 0 spiro atoms. The minimum Gasteiger partial charge on any atom is -0.507 e. The van der Waals surface area contributed by atoms with Crippen LogP contribution < -0.4 is 10.2 Å². The number of nitro groups is 1. The number of alkyl halides is 3. The van der Waals surface area contributed by atoms with Gasteiger partial charge in [-0.15, -0.1) is 0 Å². The van der Waals surface area contributed by atoms with Crippen molar-refractivity contribution >= 4 is 17.6 Å². The molecule has 0 aliphatic heterocycles. The maximum absolute atomic E-state index is 12.7. The van der Waals surface area contributed by atoms with Gasteiger partial charge in [0.2, 0.25) is 0 Å². The SMILES string of the molecule is CCCOc1ccc(C=NNc2ccc(C(F)(F)F)cc2[N+](=O)[O-])c(O)c1. The van der Waals surface area contributed by atoms with E-state index in [-0.39, 0.29) is 11.4 Å². The number of halogens is 3. The van der Waals surface area contributed by atoms with Crippen molar-refractivity contribution in [1.29, 1.82) is 0 Å². The summed E-state index contributed by atoms with van der Waals surface area (Å²) >= 11 is 0. The maximum atomic E-state index is 12.7. The zero-order chi connectivity index (χ0) is 20.0. The van der Waals surface area contributed by atoms with Crippen LogP contribution in [0.15, 0.2) is 41.5 Å². The fraction of sp³-hybridized carbons (Fsp3) is 0.235. The quantitative estimate of drug-likeness (QED) is 0.415. The van der Waals surface area contributed by atoms with E-state index in [1.54, 1.807) is 6.07 Å². The molecular weight excluding hydrogens is 367 g/mol. The van der Waals surface area contributed by atoms with E-state index >= 15 is 0 Å². The highest BCUT2D eigenvalue weighted by molar-refractivity contribution is 5.84. The Bertz CT molecular complexity index is 854. The summed E-state index contributed by atoms with van der Waals surface area (Å²) in [6.07, 6.45) is -2.71. The molecule has 0 unspecified atom stereocenters. The molecule has 0 atom stereocenters. The topological polar surface area (TPSA) is 97.0 Å². The first kappa shape index (κ1) is 20.0. The van der Waals surface area contributed by atoms with Gasteiger partial charge < -0.3 is 9.84 Å². The van der Waals surface area contributed by atoms with Crippen LogP contribution in [0, 0.1) is 10.1 Å². The molecule has 0 heterocycles. The van der Waals surface area contributed by atoms with Crippen molar-refractivity contribution in [2.24, 2.45) is 5.10 Å². The second kappa shape index (κ2) is 8.39. The molecule has 2 rings (SSSR count). The van der Waals surface area contributed by atoms with Gasteiger partial charge in [-0.3, -0.25) is 15.5 Å². The molecule has 27 heavy (non-hydrogen) atoms. The summed E-state index contributed by atoms with van der Waals surface area (Å²) in [4.78, 5) is 10.1. The van der Waals surface area contributed by atoms with E-state index in [2.05, 4.69) is 10.5 Å². The van der Waals surface area contributed by atoms with E-state index in [1.165, 1.54) is 18.3 Å². The van der Waals surface area contributed by atoms with Crippen LogP contribution in [0.1, 0.15) is 24.5 Å². The summed E-state index contributed by atoms with van der Waals surface area (Å²) in [7, 11) is 0. The Kier molecular flexibility index (Phi) is 6.22. The second-order valence-electron chi connectivity index (χ2n) is 5.43. The second-order valence-corrected chi connectivity index (χ2v) is 5.43. The number of hydrazone groups is 1. The third-order valence-electron chi connectivity index (χ3n) is 3.39. The zero-order valence-electron chi connectivity index (χ0n) is 14.2. The van der Waals surface area contributed by atoms with Crippen LogP contribution in [0.3, 0.4) is 0 Å². The van der Waals surface area contributed by atoms with Crippen molar-refractivity contribution in [2.45, 2.75) is 19.5 Å². The Balaban J connectivity index is 2.17. The first-order valence-corrected chi connectivity index (χ1v) is 7.83. The van der Waals surface area contributed by atoms with Gasteiger partial charge in [0.15, 0.2) is 0 Å². The van der Waals surface area contributed by atoms with Gasteiger partial charge in [0.05, 0.1) is 23.3 Å². The molecule has 144 valence electrons. The van der Waals surface area contributed by atoms with Crippen LogP contribution in [0.2, 0.25) is 0 Å². The summed E-state index contributed by atoms with van der Waals surface area (Å²) in [6, 6.07) is 6.57. The normalized spacial score (nSPS) is 11.6. The van der Waals surface area contributed by atoms with E-state index < -0.39 is 22.4 Å². The van der Waals surface area contributed by atoms with Gasteiger partial charge in [-0.2, -0.15) is 18.3 Å². The number of anilines is 1. The number of hydrogen-bond donors (Lipinski definition) is 2. The third-order valence-corrected chi connectivity index (χ3v) is 3.39. The van der Waals surface area contributed by atoms with E-state index in [4.69, 9.17) is 4.74 Å². The van der Waals surface area contributed by atoms with Gasteiger partial charge in [-0.25, -0.2) is 0 Å². The van der Waals surface area contributed by atoms with Gasteiger partial charge >= 0.3 is 6.18 Å². The highest BCUT2D eigenvalue weighted by Crippen LogP contribution is 2.35. The van der Waals surface area contributed by atoms with E-state index in [0.717, 1.165) is 12.5 Å². The van der Waals surface area contributed by atoms with Crippen molar-refractivity contribution in [3.05, 3.63) is 57.6 Å². The zero-order valence-corrected chi connectivity index (χ0v) is 14.2. The highest BCUT2D eigenvalue weighted by Gasteiger charge is 2.33. The molecule has 0 fully saturated rings. The van der Waals surface area contributed by atoms with Gasteiger partial charge in [-0.05, 0) is 30.7 Å². The van der Waals surface area contributed by atoms with Crippen molar-refractivity contribution < 1.29 is 27.9 Å². The molecule has 2 aromatic carbocycles. The molecular formula is C17H16F3N3O4. The lowest BCUT2D eigenvalue weighted by Gasteiger charge is -2.08. The number of hydrogen-bond acceptors (Lipinski definition) is 6. The molecule has 0 bridgehead atoms. The molecule has 10 heteroatoms. The molecule has 0 radical (unpaired) electrons. The first-order valence-electron chi connectivity index (χ1n) is 7.83. The van der Waals surface area contributed by atoms with Crippen LogP contribution in [-0.2, 0) is 6.18 Å². The highest BCUT2D eigenvalue weighted by atomic mass is 19.4. The monoisotopic (exact) mass is 383 g/mol. The molecule has 2 N–H and O–H groups in total. The van der Waals surface area contributed by atoms with Crippen molar-refractivity contribution in [2.75, 3.05) is 12.0 Å². The number of ether oxygens (including phenoxy) is 1. The van der Waals surface area contributed by atoms with Gasteiger partial charge in [0.1, 0.15) is 17.2 Å². The van der Waals surface area contributed by atoms with E-state index in [9.17, 15) is 28.4 Å². The Morgan fingerprint density at radius 1 is 1.30 bits per heavy atom. The predicted octanol–water partition coefficient (Wildman–Crippen LogP) is 4.55. The van der Waals surface area contributed by atoms with Crippen LogP contribution >= 0.6 is 0 Å². The number of rotatable bonds is 7. The predicted molar refractivity (Wildman–Crippen MR) is 93.2 cm³/mol. The van der Waals surface area contributed by atoms with Crippen LogP contribution in [0.5, 0.6) is 11.5 Å². The molecule has 7 nitrogen and oxygen atoms in total. The number of nitrogens with one attached hydrogen (secondary N) is 1. The van der Waals surface area contributed by atoms with Gasteiger partial charge in [0, 0.05) is 17.7 Å². The number of phenols is 1. The average molecular weight is 383 g/mol. The minimum atomic E-state index is -4.69. The fourth-order valence-corrected chi connectivity index (χ4v) is 2.07. The van der Waals surface area contributed by atoms with E-state index in [1.807, 2.05) is 6.92 Å². The van der Waals surface area contributed by atoms with Crippen molar-refractivity contribution in [1.82, 2.24) is 0 Å². The summed E-state index contributed by atoms with van der Waals surface area (Å²) in [6.45, 7) is 2.43.